The Morgan fingerprint density at radius 3 is 2.04 bits per heavy atom. The molecule has 0 bridgehead atoms. The lowest BCUT2D eigenvalue weighted by Crippen LogP contribution is -2.41. The van der Waals surface area contributed by atoms with Gasteiger partial charge in [0.25, 0.3) is 0 Å². The average Bonchev–Trinajstić information content (AvgIpc) is 2.57. The van der Waals surface area contributed by atoms with Crippen molar-refractivity contribution < 1.29 is 22.8 Å². The van der Waals surface area contributed by atoms with Crippen LogP contribution in [0.4, 0.5) is 24.5 Å². The lowest BCUT2D eigenvalue weighted by molar-refractivity contribution is -0.135. The fourth-order valence-corrected chi connectivity index (χ4v) is 2.03. The van der Waals surface area contributed by atoms with Crippen molar-refractivity contribution in [2.45, 2.75) is 13.8 Å². The van der Waals surface area contributed by atoms with Crippen molar-refractivity contribution in [2.75, 3.05) is 10.6 Å². The molecule has 0 aliphatic heterocycles. The first-order chi connectivity index (χ1) is 11.6. The van der Waals surface area contributed by atoms with Gasteiger partial charge in [0, 0.05) is 0 Å². The van der Waals surface area contributed by atoms with Crippen LogP contribution < -0.4 is 10.6 Å². The molecule has 0 aromatic heterocycles. The molecule has 2 N–H and O–H groups in total. The van der Waals surface area contributed by atoms with Crippen molar-refractivity contribution in [2.24, 2.45) is 5.41 Å². The first-order valence-corrected chi connectivity index (χ1v) is 7.53. The van der Waals surface area contributed by atoms with E-state index >= 15 is 0 Å². The number of carbonyl (C=O) groups excluding carboxylic acids is 2. The predicted octanol–water partition coefficient (Wildman–Crippen LogP) is 4.36. The maximum atomic E-state index is 13.7. The van der Waals surface area contributed by atoms with Crippen LogP contribution in [0.15, 0.2) is 36.4 Å². The lowest BCUT2D eigenvalue weighted by Gasteiger charge is -2.23. The highest BCUT2D eigenvalue weighted by Crippen LogP contribution is 2.27. The zero-order valence-electron chi connectivity index (χ0n) is 13.3. The van der Waals surface area contributed by atoms with E-state index in [9.17, 15) is 22.8 Å². The Morgan fingerprint density at radius 1 is 0.880 bits per heavy atom. The molecule has 2 aromatic carbocycles. The number of carbonyl (C=O) groups is 2. The number of rotatable bonds is 4. The molecule has 2 rings (SSSR count). The number of benzene rings is 2. The molecule has 2 aromatic rings. The molecule has 0 aliphatic carbocycles. The van der Waals surface area contributed by atoms with E-state index in [1.54, 1.807) is 24.3 Å². The highest BCUT2D eigenvalue weighted by Gasteiger charge is 2.37. The van der Waals surface area contributed by atoms with Gasteiger partial charge >= 0.3 is 0 Å². The van der Waals surface area contributed by atoms with Crippen molar-refractivity contribution in [1.29, 1.82) is 0 Å². The summed E-state index contributed by atoms with van der Waals surface area (Å²) in [5, 5.41) is 4.85. The molecule has 25 heavy (non-hydrogen) atoms. The van der Waals surface area contributed by atoms with Crippen molar-refractivity contribution in [3.05, 3.63) is 58.9 Å². The number of nitrogens with one attached hydrogen (secondary N) is 2. The number of hydrogen-bond donors (Lipinski definition) is 2. The summed E-state index contributed by atoms with van der Waals surface area (Å²) in [5.41, 5.74) is -1.91. The van der Waals surface area contributed by atoms with E-state index in [1.807, 2.05) is 0 Å². The Bertz CT molecular complexity index is 841. The zero-order valence-corrected chi connectivity index (χ0v) is 14.0. The number of anilines is 2. The van der Waals surface area contributed by atoms with Crippen LogP contribution in [0.1, 0.15) is 13.8 Å². The van der Waals surface area contributed by atoms with Crippen LogP contribution in [0, 0.1) is 22.9 Å². The minimum absolute atomic E-state index is 0.277. The molecule has 0 atom stereocenters. The first-order valence-electron chi connectivity index (χ1n) is 7.15. The van der Waals surface area contributed by atoms with Crippen LogP contribution >= 0.6 is 11.6 Å². The molecule has 0 unspecified atom stereocenters. The maximum absolute atomic E-state index is 13.7. The summed E-state index contributed by atoms with van der Waals surface area (Å²) in [4.78, 5) is 24.7. The molecular formula is C17H14ClF3N2O2. The molecule has 0 aliphatic rings. The minimum atomic E-state index is -1.71. The molecule has 132 valence electrons. The van der Waals surface area contributed by atoms with E-state index in [2.05, 4.69) is 10.6 Å². The van der Waals surface area contributed by atoms with Crippen LogP contribution in [0.3, 0.4) is 0 Å². The zero-order chi connectivity index (χ0) is 18.8. The van der Waals surface area contributed by atoms with Crippen molar-refractivity contribution in [3.8, 4) is 0 Å². The summed E-state index contributed by atoms with van der Waals surface area (Å²) >= 11 is 5.94. The van der Waals surface area contributed by atoms with Crippen LogP contribution in [0.2, 0.25) is 5.02 Å². The Labute approximate surface area is 147 Å². The van der Waals surface area contributed by atoms with E-state index in [0.29, 0.717) is 11.8 Å². The van der Waals surface area contributed by atoms with Gasteiger partial charge in [-0.05, 0) is 38.1 Å². The summed E-state index contributed by atoms with van der Waals surface area (Å²) in [5.74, 6) is -6.25. The SMILES string of the molecule is CC(C)(C(=O)Nc1ccccc1Cl)C(=O)Nc1ccc(F)c(F)c1F. The fourth-order valence-electron chi connectivity index (χ4n) is 1.85. The second-order valence-corrected chi connectivity index (χ2v) is 6.14. The van der Waals surface area contributed by atoms with Gasteiger partial charge < -0.3 is 10.6 Å². The average molecular weight is 371 g/mol. The van der Waals surface area contributed by atoms with Gasteiger partial charge in [-0.15, -0.1) is 0 Å². The normalized spacial score (nSPS) is 11.1. The smallest absolute Gasteiger partial charge is 0.239 e. The summed E-state index contributed by atoms with van der Waals surface area (Å²) in [6.07, 6.45) is 0. The second kappa shape index (κ2) is 7.14. The van der Waals surface area contributed by atoms with E-state index in [4.69, 9.17) is 11.6 Å². The molecule has 2 amide bonds. The largest absolute Gasteiger partial charge is 0.324 e. The van der Waals surface area contributed by atoms with Crippen LogP contribution in [0.25, 0.3) is 0 Å². The monoisotopic (exact) mass is 370 g/mol. The topological polar surface area (TPSA) is 58.2 Å². The Morgan fingerprint density at radius 2 is 1.44 bits per heavy atom. The van der Waals surface area contributed by atoms with Gasteiger partial charge in [0.05, 0.1) is 16.4 Å². The van der Waals surface area contributed by atoms with Gasteiger partial charge in [-0.1, -0.05) is 23.7 Å². The molecule has 0 spiro atoms. The standard InChI is InChI=1S/C17H14ClF3N2O2/c1-17(2,15(24)22-11-6-4-3-5-9(11)18)16(25)23-12-8-7-10(19)13(20)14(12)21/h3-8H,1-2H3,(H,22,24)(H,23,25). The number of amides is 2. The van der Waals surface area contributed by atoms with Crippen LogP contribution in [-0.2, 0) is 9.59 Å². The first kappa shape index (κ1) is 18.8. The number of hydrogen-bond acceptors (Lipinski definition) is 2. The maximum Gasteiger partial charge on any atom is 0.239 e. The molecular weight excluding hydrogens is 357 g/mol. The fraction of sp³-hybridized carbons (Fsp3) is 0.176. The van der Waals surface area contributed by atoms with Gasteiger partial charge in [-0.3, -0.25) is 9.59 Å². The molecule has 0 saturated carbocycles. The Kier molecular flexibility index (Phi) is 5.37. The van der Waals surface area contributed by atoms with E-state index in [-0.39, 0.29) is 5.02 Å². The third-order valence-electron chi connectivity index (χ3n) is 3.54. The number of para-hydroxylation sites is 1. The number of halogens is 4. The van der Waals surface area contributed by atoms with Gasteiger partial charge in [0.15, 0.2) is 17.5 Å². The molecule has 0 heterocycles. The molecule has 0 fully saturated rings. The summed E-state index contributed by atoms with van der Waals surface area (Å²) in [7, 11) is 0. The molecule has 0 saturated heterocycles. The van der Waals surface area contributed by atoms with E-state index in [0.717, 1.165) is 6.07 Å². The Hall–Kier alpha value is -2.54. The highest BCUT2D eigenvalue weighted by atomic mass is 35.5. The molecule has 4 nitrogen and oxygen atoms in total. The summed E-state index contributed by atoms with van der Waals surface area (Å²) in [6.45, 7) is 2.60. The Balaban J connectivity index is 2.18. The summed E-state index contributed by atoms with van der Waals surface area (Å²) < 4.78 is 39.8. The molecule has 0 radical (unpaired) electrons. The lowest BCUT2D eigenvalue weighted by atomic mass is 9.90. The van der Waals surface area contributed by atoms with Gasteiger partial charge in [0.1, 0.15) is 5.41 Å². The highest BCUT2D eigenvalue weighted by molar-refractivity contribution is 6.34. The summed E-state index contributed by atoms with van der Waals surface area (Å²) in [6, 6.07) is 7.95. The van der Waals surface area contributed by atoms with E-state index in [1.165, 1.54) is 13.8 Å². The third-order valence-corrected chi connectivity index (χ3v) is 3.87. The molecule has 8 heteroatoms. The van der Waals surface area contributed by atoms with Crippen molar-refractivity contribution >= 4 is 34.8 Å². The van der Waals surface area contributed by atoms with Gasteiger partial charge in [0.2, 0.25) is 11.8 Å². The van der Waals surface area contributed by atoms with Crippen LogP contribution in [-0.4, -0.2) is 11.8 Å². The van der Waals surface area contributed by atoms with Crippen molar-refractivity contribution in [1.82, 2.24) is 0 Å². The van der Waals surface area contributed by atoms with E-state index < -0.39 is 40.4 Å². The van der Waals surface area contributed by atoms with Gasteiger partial charge in [-0.25, -0.2) is 13.2 Å². The van der Waals surface area contributed by atoms with Crippen LogP contribution in [0.5, 0.6) is 0 Å². The second-order valence-electron chi connectivity index (χ2n) is 5.74. The predicted molar refractivity (Wildman–Crippen MR) is 88.8 cm³/mol. The minimum Gasteiger partial charge on any atom is -0.324 e. The third kappa shape index (κ3) is 3.93. The quantitative estimate of drug-likeness (QED) is 0.620. The van der Waals surface area contributed by atoms with Gasteiger partial charge in [-0.2, -0.15) is 0 Å². The van der Waals surface area contributed by atoms with Crippen molar-refractivity contribution in [3.63, 3.8) is 0 Å².